The van der Waals surface area contributed by atoms with Gasteiger partial charge in [-0.2, -0.15) is 0 Å². The zero-order valence-electron chi connectivity index (χ0n) is 15.5. The molecule has 3 N–H and O–H groups in total. The van der Waals surface area contributed by atoms with Crippen LogP contribution in [0.15, 0.2) is 16.7 Å². The number of aryl methyl sites for hydroxylation is 3. The molecule has 2 unspecified atom stereocenters. The first-order chi connectivity index (χ1) is 12.9. The third kappa shape index (κ3) is 3.36. The van der Waals surface area contributed by atoms with E-state index < -0.39 is 6.10 Å². The second-order valence-electron chi connectivity index (χ2n) is 7.03. The monoisotopic (exact) mass is 386 g/mol. The molecule has 4 heterocycles. The number of aliphatic hydroxyl groups is 1. The molecule has 27 heavy (non-hydrogen) atoms. The van der Waals surface area contributed by atoms with Gasteiger partial charge in [0.1, 0.15) is 0 Å². The van der Waals surface area contributed by atoms with Crippen LogP contribution in [0.5, 0.6) is 0 Å². The van der Waals surface area contributed by atoms with Gasteiger partial charge in [-0.25, -0.2) is 4.98 Å². The van der Waals surface area contributed by atoms with E-state index in [4.69, 9.17) is 4.52 Å². The topological polar surface area (TPSA) is 100 Å². The third-order valence-corrected chi connectivity index (χ3v) is 5.97. The van der Waals surface area contributed by atoms with Gasteiger partial charge in [-0.15, -0.1) is 11.3 Å². The van der Waals surface area contributed by atoms with Crippen LogP contribution >= 0.6 is 11.3 Å². The summed E-state index contributed by atoms with van der Waals surface area (Å²) in [4.78, 5) is 19.8. The second kappa shape index (κ2) is 7.03. The maximum atomic E-state index is 12.9. The number of carbonyl (C=O) groups excluding carboxylic acids is 1. The average Bonchev–Trinajstić information content (AvgIpc) is 3.31. The van der Waals surface area contributed by atoms with E-state index in [0.717, 1.165) is 10.4 Å². The smallest absolute Gasteiger partial charge is 0.259 e. The van der Waals surface area contributed by atoms with Crippen molar-refractivity contribution in [2.75, 3.05) is 19.6 Å². The summed E-state index contributed by atoms with van der Waals surface area (Å²) in [5, 5.41) is 20.6. The maximum absolute atomic E-state index is 12.9. The quantitative estimate of drug-likeness (QED) is 0.636. The molecule has 0 spiro atoms. The largest absolute Gasteiger partial charge is 0.391 e. The first-order valence-corrected chi connectivity index (χ1v) is 9.77. The second-order valence-corrected chi connectivity index (χ2v) is 8.49. The van der Waals surface area contributed by atoms with Crippen LogP contribution in [0.25, 0.3) is 22.4 Å². The van der Waals surface area contributed by atoms with Gasteiger partial charge in [0, 0.05) is 40.9 Å². The standard InChI is InChI=1S/C19H22N4O3S/c1-9-4-13(11(3)27-9)15-5-14(17-10(2)23-26-19(17)22-15)18(25)21-7-12-6-20-8-16(12)24/h4-5,12,16,20,24H,6-8H2,1-3H3,(H,21,25). The molecular weight excluding hydrogens is 364 g/mol. The molecule has 3 aromatic heterocycles. The van der Waals surface area contributed by atoms with Crippen molar-refractivity contribution < 1.29 is 14.4 Å². The number of pyridine rings is 1. The van der Waals surface area contributed by atoms with Crippen LogP contribution in [-0.4, -0.2) is 46.9 Å². The Kier molecular flexibility index (Phi) is 4.71. The van der Waals surface area contributed by atoms with E-state index >= 15 is 0 Å². The van der Waals surface area contributed by atoms with Crippen molar-refractivity contribution in [3.05, 3.63) is 33.1 Å². The fraction of sp³-hybridized carbons (Fsp3) is 0.421. The van der Waals surface area contributed by atoms with Gasteiger partial charge in [0.2, 0.25) is 0 Å². The van der Waals surface area contributed by atoms with Crippen molar-refractivity contribution in [3.63, 3.8) is 0 Å². The molecule has 0 saturated carbocycles. The van der Waals surface area contributed by atoms with E-state index in [1.807, 2.05) is 13.8 Å². The highest BCUT2D eigenvalue weighted by atomic mass is 32.1. The average molecular weight is 386 g/mol. The molecule has 0 aromatic carbocycles. The maximum Gasteiger partial charge on any atom is 0.259 e. The molecule has 0 bridgehead atoms. The third-order valence-electron chi connectivity index (χ3n) is 5.01. The van der Waals surface area contributed by atoms with Crippen molar-refractivity contribution >= 4 is 28.3 Å². The lowest BCUT2D eigenvalue weighted by atomic mass is 10.0. The van der Waals surface area contributed by atoms with Gasteiger partial charge in [0.25, 0.3) is 11.6 Å². The van der Waals surface area contributed by atoms with Crippen LogP contribution in [0, 0.1) is 26.7 Å². The summed E-state index contributed by atoms with van der Waals surface area (Å²) >= 11 is 1.69. The first-order valence-electron chi connectivity index (χ1n) is 8.95. The van der Waals surface area contributed by atoms with Crippen LogP contribution in [0.4, 0.5) is 0 Å². The van der Waals surface area contributed by atoms with E-state index in [2.05, 4.69) is 26.8 Å². The highest BCUT2D eigenvalue weighted by Crippen LogP contribution is 2.32. The number of thiophene rings is 1. The van der Waals surface area contributed by atoms with E-state index in [0.29, 0.717) is 47.7 Å². The molecular formula is C19H22N4O3S. The lowest BCUT2D eigenvalue weighted by Gasteiger charge is -2.14. The van der Waals surface area contributed by atoms with Crippen LogP contribution in [0.1, 0.15) is 25.8 Å². The Morgan fingerprint density at radius 1 is 1.37 bits per heavy atom. The molecule has 8 heteroatoms. The van der Waals surface area contributed by atoms with E-state index in [9.17, 15) is 9.90 Å². The van der Waals surface area contributed by atoms with Crippen molar-refractivity contribution in [2.24, 2.45) is 5.92 Å². The minimum atomic E-state index is -0.438. The molecule has 2 atom stereocenters. The van der Waals surface area contributed by atoms with Gasteiger partial charge in [0.05, 0.1) is 28.4 Å². The fourth-order valence-electron chi connectivity index (χ4n) is 3.54. The number of nitrogens with one attached hydrogen (secondary N) is 2. The summed E-state index contributed by atoms with van der Waals surface area (Å²) in [7, 11) is 0. The lowest BCUT2D eigenvalue weighted by Crippen LogP contribution is -2.34. The van der Waals surface area contributed by atoms with Crippen LogP contribution in [0.3, 0.4) is 0 Å². The summed E-state index contributed by atoms with van der Waals surface area (Å²) in [6, 6.07) is 3.87. The van der Waals surface area contributed by atoms with Crippen LogP contribution < -0.4 is 10.6 Å². The van der Waals surface area contributed by atoms with Gasteiger partial charge >= 0.3 is 0 Å². The molecule has 1 aliphatic heterocycles. The molecule has 4 rings (SSSR count). The van der Waals surface area contributed by atoms with Gasteiger partial charge in [-0.1, -0.05) is 5.16 Å². The van der Waals surface area contributed by atoms with Gasteiger partial charge in [-0.05, 0) is 32.9 Å². The predicted octanol–water partition coefficient (Wildman–Crippen LogP) is 2.19. The number of rotatable bonds is 4. The number of nitrogens with zero attached hydrogens (tertiary/aromatic N) is 2. The summed E-state index contributed by atoms with van der Waals surface area (Å²) in [5.41, 5.74) is 3.19. The van der Waals surface area contributed by atoms with E-state index in [1.165, 1.54) is 4.88 Å². The molecule has 142 valence electrons. The Bertz CT molecular complexity index is 1010. The van der Waals surface area contributed by atoms with Gasteiger partial charge in [-0.3, -0.25) is 4.79 Å². The predicted molar refractivity (Wildman–Crippen MR) is 104 cm³/mol. The van der Waals surface area contributed by atoms with Crippen molar-refractivity contribution in [1.29, 1.82) is 0 Å². The number of aliphatic hydroxyl groups excluding tert-OH is 1. The van der Waals surface area contributed by atoms with Gasteiger partial charge < -0.3 is 20.3 Å². The summed E-state index contributed by atoms with van der Waals surface area (Å²) in [5.74, 6) is -0.199. The van der Waals surface area contributed by atoms with Crippen molar-refractivity contribution in [1.82, 2.24) is 20.8 Å². The number of hydrogen-bond donors (Lipinski definition) is 3. The van der Waals surface area contributed by atoms with E-state index in [1.54, 1.807) is 24.3 Å². The van der Waals surface area contributed by atoms with E-state index in [-0.39, 0.29) is 11.8 Å². The Morgan fingerprint density at radius 3 is 2.85 bits per heavy atom. The van der Waals surface area contributed by atoms with Gasteiger partial charge in [0.15, 0.2) is 0 Å². The molecule has 3 aromatic rings. The fourth-order valence-corrected chi connectivity index (χ4v) is 4.48. The Hall–Kier alpha value is -2.29. The Morgan fingerprint density at radius 2 is 2.19 bits per heavy atom. The first kappa shape index (κ1) is 18.1. The number of amides is 1. The Labute approximate surface area is 160 Å². The number of fused-ring (bicyclic) bond motifs is 1. The molecule has 1 saturated heterocycles. The minimum absolute atomic E-state index is 0.0103. The normalized spacial score (nSPS) is 19.7. The number of hydrogen-bond acceptors (Lipinski definition) is 7. The number of aromatic nitrogens is 2. The Balaban J connectivity index is 1.70. The molecule has 1 fully saturated rings. The minimum Gasteiger partial charge on any atom is -0.391 e. The highest BCUT2D eigenvalue weighted by molar-refractivity contribution is 7.12. The van der Waals surface area contributed by atoms with Crippen molar-refractivity contribution in [3.8, 4) is 11.3 Å². The molecule has 0 radical (unpaired) electrons. The number of β-amino-alcohol motifs (C(OH)–C–C–N with tert-alkyl or cyclic N) is 1. The van der Waals surface area contributed by atoms with Crippen LogP contribution in [-0.2, 0) is 0 Å². The zero-order valence-corrected chi connectivity index (χ0v) is 16.3. The summed E-state index contributed by atoms with van der Waals surface area (Å²) in [6.07, 6.45) is -0.438. The van der Waals surface area contributed by atoms with Crippen molar-refractivity contribution in [2.45, 2.75) is 26.9 Å². The molecule has 0 aliphatic carbocycles. The molecule has 1 aliphatic rings. The SMILES string of the molecule is Cc1cc(-c2cc(C(=O)NCC3CNCC3O)c3c(C)noc3n2)c(C)s1. The highest BCUT2D eigenvalue weighted by Gasteiger charge is 2.26. The molecule has 7 nitrogen and oxygen atoms in total. The summed E-state index contributed by atoms with van der Waals surface area (Å²) < 4.78 is 5.36. The van der Waals surface area contributed by atoms with Crippen LogP contribution in [0.2, 0.25) is 0 Å². The zero-order chi connectivity index (χ0) is 19.1. The number of carbonyl (C=O) groups is 1. The molecule has 1 amide bonds. The lowest BCUT2D eigenvalue weighted by molar-refractivity contribution is 0.0928. The summed E-state index contributed by atoms with van der Waals surface area (Å²) in [6.45, 7) is 7.55.